The maximum Gasteiger partial charge on any atom is 0.321 e. The van der Waals surface area contributed by atoms with Crippen LogP contribution in [0.3, 0.4) is 0 Å². The average Bonchev–Trinajstić information content (AvgIpc) is 3.21. The maximum absolute atomic E-state index is 15.4. The normalized spacial score (nSPS) is 25.0. The summed E-state index contributed by atoms with van der Waals surface area (Å²) >= 11 is 11.1. The summed E-state index contributed by atoms with van der Waals surface area (Å²) in [6, 6.07) is 9.17. The fourth-order valence-electron chi connectivity index (χ4n) is 5.41. The van der Waals surface area contributed by atoms with Gasteiger partial charge in [-0.15, -0.1) is 23.2 Å². The van der Waals surface area contributed by atoms with Crippen LogP contribution in [0.5, 0.6) is 0 Å². The molecular formula is C47H73Cl2FO18. The lowest BCUT2D eigenvalue weighted by molar-refractivity contribution is -0.310. The molecule has 0 saturated carbocycles. The van der Waals surface area contributed by atoms with E-state index in [1.807, 2.05) is 30.3 Å². The molecule has 3 rings (SSSR count). The van der Waals surface area contributed by atoms with Crippen molar-refractivity contribution in [1.29, 1.82) is 0 Å². The number of aliphatic hydroxyl groups excluding tert-OH is 1. The number of halogens is 3. The summed E-state index contributed by atoms with van der Waals surface area (Å²) in [4.78, 5) is 84.9. The SMILES string of the molecule is C.C.CC(=O)OC1OC(COC(=O)C(C)(C)C)[C@@H](F)[C@H](OC(=O)C(C)(C)C)[C@@H]1OC(=O)CCl.CC(C)(C)C(=O)OCC1OC(OCc2ccccc2)[C@@H](OC(=O)CCl)[C@@H](OC(=O)C(C)(C)C)[C@H]1O. The van der Waals surface area contributed by atoms with Gasteiger partial charge >= 0.3 is 41.8 Å². The highest BCUT2D eigenvalue weighted by Crippen LogP contribution is 2.33. The Morgan fingerprint density at radius 3 is 1.38 bits per heavy atom. The van der Waals surface area contributed by atoms with Crippen molar-refractivity contribution >= 4 is 65.0 Å². The van der Waals surface area contributed by atoms with Crippen molar-refractivity contribution in [3.8, 4) is 0 Å². The van der Waals surface area contributed by atoms with Gasteiger partial charge in [-0.05, 0) is 88.6 Å². The molecule has 2 fully saturated rings. The number of carbonyl (C=O) groups excluding carboxylic acids is 7. The highest BCUT2D eigenvalue weighted by Gasteiger charge is 2.54. The number of hydrogen-bond donors (Lipinski definition) is 1. The second-order valence-corrected chi connectivity index (χ2v) is 20.1. The minimum absolute atomic E-state index is 0. The number of esters is 7. The van der Waals surface area contributed by atoms with Gasteiger partial charge in [0.25, 0.3) is 0 Å². The molecule has 10 atom stereocenters. The van der Waals surface area contributed by atoms with Crippen LogP contribution in [0, 0.1) is 21.7 Å². The average molecular weight is 1020 g/mol. The lowest BCUT2D eigenvalue weighted by Crippen LogP contribution is -2.62. The molecule has 21 heteroatoms. The van der Waals surface area contributed by atoms with Gasteiger partial charge in [-0.25, -0.2) is 4.39 Å². The summed E-state index contributed by atoms with van der Waals surface area (Å²) in [5, 5.41) is 11.0. The smallest absolute Gasteiger partial charge is 0.321 e. The largest absolute Gasteiger partial charge is 0.462 e. The molecule has 2 aliphatic heterocycles. The van der Waals surface area contributed by atoms with Crippen LogP contribution in [0.1, 0.15) is 110 Å². The van der Waals surface area contributed by atoms with Crippen molar-refractivity contribution in [2.75, 3.05) is 25.0 Å². The number of benzene rings is 1. The van der Waals surface area contributed by atoms with E-state index < -0.39 is 143 Å². The third-order valence-electron chi connectivity index (χ3n) is 9.17. The van der Waals surface area contributed by atoms with Crippen LogP contribution >= 0.6 is 23.2 Å². The molecule has 2 aliphatic rings. The highest BCUT2D eigenvalue weighted by atomic mass is 35.5. The Bertz CT molecular complexity index is 1800. The summed E-state index contributed by atoms with van der Waals surface area (Å²) in [6.45, 7) is 19.8. The van der Waals surface area contributed by atoms with Crippen molar-refractivity contribution in [3.05, 3.63) is 35.9 Å². The van der Waals surface area contributed by atoms with E-state index in [1.165, 1.54) is 0 Å². The van der Waals surface area contributed by atoms with Gasteiger partial charge < -0.3 is 52.5 Å². The first kappa shape index (κ1) is 63.9. The minimum Gasteiger partial charge on any atom is -0.462 e. The zero-order valence-electron chi connectivity index (χ0n) is 39.7. The molecular weight excluding hydrogens is 942 g/mol. The fourth-order valence-corrected chi connectivity index (χ4v) is 5.53. The number of ether oxygens (including phenoxy) is 10. The lowest BCUT2D eigenvalue weighted by atomic mass is 9.95. The van der Waals surface area contributed by atoms with Gasteiger partial charge in [0.1, 0.15) is 43.3 Å². The molecule has 0 bridgehead atoms. The second-order valence-electron chi connectivity index (χ2n) is 19.5. The Morgan fingerprint density at radius 2 is 0.971 bits per heavy atom. The number of alkyl halides is 3. The predicted molar refractivity (Wildman–Crippen MR) is 245 cm³/mol. The van der Waals surface area contributed by atoms with Gasteiger partial charge in [-0.2, -0.15) is 0 Å². The Morgan fingerprint density at radius 1 is 0.574 bits per heavy atom. The molecule has 18 nitrogen and oxygen atoms in total. The number of carbonyl (C=O) groups is 7. The summed E-state index contributed by atoms with van der Waals surface area (Å²) in [5.74, 6) is -6.19. The topological polar surface area (TPSA) is 232 Å². The second kappa shape index (κ2) is 27.3. The van der Waals surface area contributed by atoms with Gasteiger partial charge in [0.15, 0.2) is 30.8 Å². The molecule has 0 amide bonds. The standard InChI is InChI=1S/C25H35ClO9.C20H30ClFO9.2CH4/c1-24(2,3)22(29)32-14-16-18(28)19(35-23(30)25(4,5)6)20(34-17(27)12-26)21(33-16)31-13-15-10-8-7-9-11-15;1-10(23)28-16-15(30-12(24)8-21)14(31-18(26)20(5,6)7)13(22)11(29-16)9-27-17(25)19(2,3)4;;/h7-11,16,18-21,28H,12-14H2,1-6H3;11,13-16H,8-9H2,1-7H3;2*1H4/t16?,18-,19-,20-,21?;11?,13-,14+,15+,16?;;/m01../s1. The Balaban J connectivity index is 0.00000129. The molecule has 68 heavy (non-hydrogen) atoms. The highest BCUT2D eigenvalue weighted by molar-refractivity contribution is 6.26. The van der Waals surface area contributed by atoms with Crippen LogP contribution in [0.15, 0.2) is 30.3 Å². The first-order valence-electron chi connectivity index (χ1n) is 21.0. The van der Waals surface area contributed by atoms with E-state index in [1.54, 1.807) is 83.1 Å². The first-order chi connectivity index (χ1) is 30.3. The molecule has 0 radical (unpaired) electrons. The van der Waals surface area contributed by atoms with Crippen LogP contribution in [-0.2, 0) is 87.5 Å². The van der Waals surface area contributed by atoms with Gasteiger partial charge in [-0.1, -0.05) is 45.2 Å². The van der Waals surface area contributed by atoms with Crippen molar-refractivity contribution in [2.45, 2.75) is 173 Å². The van der Waals surface area contributed by atoms with E-state index in [2.05, 4.69) is 0 Å². The number of rotatable bonds is 14. The third kappa shape index (κ3) is 20.1. The molecule has 390 valence electrons. The van der Waals surface area contributed by atoms with Gasteiger partial charge in [-0.3, -0.25) is 33.6 Å². The predicted octanol–water partition coefficient (Wildman–Crippen LogP) is 6.57. The molecule has 1 N–H and O–H groups in total. The van der Waals surface area contributed by atoms with Crippen LogP contribution in [0.4, 0.5) is 4.39 Å². The van der Waals surface area contributed by atoms with Crippen molar-refractivity contribution in [2.24, 2.45) is 21.7 Å². The van der Waals surface area contributed by atoms with Crippen LogP contribution in [0.2, 0.25) is 0 Å². The Hall–Kier alpha value is -4.14. The van der Waals surface area contributed by atoms with Crippen molar-refractivity contribution < 1.29 is 90.4 Å². The van der Waals surface area contributed by atoms with E-state index >= 15 is 4.39 Å². The fraction of sp³-hybridized carbons (Fsp3) is 0.723. The molecule has 0 spiro atoms. The minimum atomic E-state index is -2.07. The van der Waals surface area contributed by atoms with E-state index in [4.69, 9.17) is 70.6 Å². The van der Waals surface area contributed by atoms with E-state index in [-0.39, 0.29) is 28.1 Å². The third-order valence-corrected chi connectivity index (χ3v) is 9.61. The molecule has 1 aromatic carbocycles. The van der Waals surface area contributed by atoms with Crippen molar-refractivity contribution in [3.63, 3.8) is 0 Å². The maximum atomic E-state index is 15.4. The zero-order valence-corrected chi connectivity index (χ0v) is 41.2. The molecule has 1 aromatic rings. The first-order valence-corrected chi connectivity index (χ1v) is 22.1. The van der Waals surface area contributed by atoms with Gasteiger partial charge in [0.2, 0.25) is 12.4 Å². The van der Waals surface area contributed by atoms with E-state index in [9.17, 15) is 38.7 Å². The number of aliphatic hydroxyl groups is 1. The molecule has 2 saturated heterocycles. The number of hydrogen-bond acceptors (Lipinski definition) is 18. The molecule has 4 unspecified atom stereocenters. The van der Waals surface area contributed by atoms with Gasteiger partial charge in [0.05, 0.1) is 28.3 Å². The van der Waals surface area contributed by atoms with Crippen LogP contribution < -0.4 is 0 Å². The summed E-state index contributed by atoms with van der Waals surface area (Å²) in [7, 11) is 0. The molecule has 0 aromatic heterocycles. The monoisotopic (exact) mass is 1010 g/mol. The van der Waals surface area contributed by atoms with Gasteiger partial charge in [0, 0.05) is 6.92 Å². The lowest BCUT2D eigenvalue weighted by Gasteiger charge is -2.43. The molecule has 0 aliphatic carbocycles. The quantitative estimate of drug-likeness (QED) is 0.118. The summed E-state index contributed by atoms with van der Waals surface area (Å²) < 4.78 is 69.4. The van der Waals surface area contributed by atoms with E-state index in [0.717, 1.165) is 12.5 Å². The van der Waals surface area contributed by atoms with Crippen LogP contribution in [-0.4, -0.2) is 133 Å². The zero-order chi connectivity index (χ0) is 50.5. The van der Waals surface area contributed by atoms with E-state index in [0.29, 0.717) is 0 Å². The van der Waals surface area contributed by atoms with Crippen molar-refractivity contribution in [1.82, 2.24) is 0 Å². The summed E-state index contributed by atoms with van der Waals surface area (Å²) in [5.41, 5.74) is -2.74. The van der Waals surface area contributed by atoms with Crippen LogP contribution in [0.25, 0.3) is 0 Å². The Kier molecular flexibility index (Phi) is 25.6. The summed E-state index contributed by atoms with van der Waals surface area (Å²) in [6.07, 6.45) is -15.0. The Labute approximate surface area is 409 Å². The molecule has 2 heterocycles.